The van der Waals surface area contributed by atoms with Crippen molar-refractivity contribution in [3.8, 4) is 11.5 Å². The fourth-order valence-corrected chi connectivity index (χ4v) is 3.28. The van der Waals surface area contributed by atoms with Gasteiger partial charge in [-0.2, -0.15) is 0 Å². The van der Waals surface area contributed by atoms with Crippen molar-refractivity contribution in [1.82, 2.24) is 15.5 Å². The van der Waals surface area contributed by atoms with Crippen molar-refractivity contribution in [3.63, 3.8) is 0 Å². The molecule has 1 atom stereocenters. The number of benzene rings is 1. The molecule has 1 unspecified atom stereocenters. The van der Waals surface area contributed by atoms with Gasteiger partial charge in [0.25, 0.3) is 0 Å². The Balaban J connectivity index is 1.67. The number of guanidine groups is 1. The van der Waals surface area contributed by atoms with Crippen LogP contribution in [0, 0.1) is 5.92 Å². The molecule has 0 bridgehead atoms. The van der Waals surface area contributed by atoms with E-state index in [4.69, 9.17) is 14.2 Å². The maximum absolute atomic E-state index is 5.77. The molecule has 7 heteroatoms. The van der Waals surface area contributed by atoms with Crippen LogP contribution in [-0.2, 0) is 4.74 Å². The summed E-state index contributed by atoms with van der Waals surface area (Å²) < 4.78 is 16.5. The van der Waals surface area contributed by atoms with E-state index >= 15 is 0 Å². The molecule has 1 heterocycles. The Bertz CT molecular complexity index is 589. The van der Waals surface area contributed by atoms with Gasteiger partial charge in [0.05, 0.1) is 26.9 Å². The van der Waals surface area contributed by atoms with E-state index in [0.717, 1.165) is 63.3 Å². The molecule has 1 aliphatic heterocycles. The third-order valence-corrected chi connectivity index (χ3v) is 4.91. The maximum atomic E-state index is 5.77. The molecule has 1 aromatic carbocycles. The van der Waals surface area contributed by atoms with Gasteiger partial charge < -0.3 is 24.8 Å². The van der Waals surface area contributed by atoms with Gasteiger partial charge in [-0.25, -0.2) is 0 Å². The largest absolute Gasteiger partial charge is 0.497 e. The van der Waals surface area contributed by atoms with Crippen LogP contribution < -0.4 is 20.1 Å². The molecule has 0 aliphatic carbocycles. The fourth-order valence-electron chi connectivity index (χ4n) is 3.28. The van der Waals surface area contributed by atoms with E-state index in [2.05, 4.69) is 34.4 Å². The van der Waals surface area contributed by atoms with Crippen molar-refractivity contribution in [3.05, 3.63) is 24.3 Å². The molecule has 7 nitrogen and oxygen atoms in total. The van der Waals surface area contributed by atoms with Crippen molar-refractivity contribution in [2.45, 2.75) is 26.3 Å². The number of rotatable bonds is 10. The molecular weight excluding hydrogens is 356 g/mol. The lowest BCUT2D eigenvalue weighted by Crippen LogP contribution is -2.52. The summed E-state index contributed by atoms with van der Waals surface area (Å²) in [6.07, 6.45) is 0.884. The summed E-state index contributed by atoms with van der Waals surface area (Å²) in [4.78, 5) is 6.85. The van der Waals surface area contributed by atoms with E-state index in [1.165, 1.54) is 0 Å². The molecule has 0 saturated carbocycles. The van der Waals surface area contributed by atoms with E-state index < -0.39 is 0 Å². The predicted octanol–water partition coefficient (Wildman–Crippen LogP) is 1.99. The standard InChI is InChI=1S/C21H36N4O3/c1-17(2)20(25-10-13-27-14-11-25)16-24-21(22-3)23-9-6-12-28-19-8-5-7-18(15-19)26-4/h5,7-8,15,17,20H,6,9-14,16H2,1-4H3,(H2,22,23,24). The first-order chi connectivity index (χ1) is 13.6. The van der Waals surface area contributed by atoms with E-state index in [-0.39, 0.29) is 0 Å². The Morgan fingerprint density at radius 2 is 1.96 bits per heavy atom. The minimum Gasteiger partial charge on any atom is -0.497 e. The summed E-state index contributed by atoms with van der Waals surface area (Å²) in [7, 11) is 3.46. The fraction of sp³-hybridized carbons (Fsp3) is 0.667. The molecule has 2 N–H and O–H groups in total. The van der Waals surface area contributed by atoms with Gasteiger partial charge in [-0.1, -0.05) is 19.9 Å². The summed E-state index contributed by atoms with van der Waals surface area (Å²) in [5, 5.41) is 6.84. The molecule has 1 fully saturated rings. The van der Waals surface area contributed by atoms with Gasteiger partial charge in [0, 0.05) is 45.3 Å². The minimum absolute atomic E-state index is 0.471. The molecule has 0 amide bonds. The molecule has 1 aliphatic rings. The van der Waals surface area contributed by atoms with Crippen LogP contribution >= 0.6 is 0 Å². The van der Waals surface area contributed by atoms with Crippen molar-refractivity contribution in [2.75, 3.05) is 60.2 Å². The van der Waals surface area contributed by atoms with Crippen LogP contribution in [0.4, 0.5) is 0 Å². The third-order valence-electron chi connectivity index (χ3n) is 4.91. The van der Waals surface area contributed by atoms with E-state index in [9.17, 15) is 0 Å². The molecule has 28 heavy (non-hydrogen) atoms. The first-order valence-electron chi connectivity index (χ1n) is 10.2. The zero-order valence-electron chi connectivity index (χ0n) is 17.7. The van der Waals surface area contributed by atoms with Crippen LogP contribution in [-0.4, -0.2) is 77.1 Å². The second kappa shape index (κ2) is 12.5. The van der Waals surface area contributed by atoms with Gasteiger partial charge in [-0.05, 0) is 24.5 Å². The van der Waals surface area contributed by atoms with Crippen LogP contribution in [0.2, 0.25) is 0 Å². The first-order valence-corrected chi connectivity index (χ1v) is 10.2. The molecule has 0 aromatic heterocycles. The van der Waals surface area contributed by atoms with Crippen molar-refractivity contribution in [2.24, 2.45) is 10.9 Å². The number of ether oxygens (including phenoxy) is 3. The SMILES string of the molecule is CN=C(NCCCOc1cccc(OC)c1)NCC(C(C)C)N1CCOCC1. The molecular formula is C21H36N4O3. The number of aliphatic imine (C=N–C) groups is 1. The van der Waals surface area contributed by atoms with Gasteiger partial charge in [-0.15, -0.1) is 0 Å². The number of nitrogens with zero attached hydrogens (tertiary/aromatic N) is 2. The first kappa shape index (κ1) is 22.3. The van der Waals surface area contributed by atoms with Crippen molar-refractivity contribution < 1.29 is 14.2 Å². The Hall–Kier alpha value is -1.99. The lowest BCUT2D eigenvalue weighted by Gasteiger charge is -2.37. The number of hydrogen-bond donors (Lipinski definition) is 2. The highest BCUT2D eigenvalue weighted by Gasteiger charge is 2.23. The maximum Gasteiger partial charge on any atom is 0.191 e. The van der Waals surface area contributed by atoms with Gasteiger partial charge in [0.1, 0.15) is 11.5 Å². The Morgan fingerprint density at radius 1 is 1.21 bits per heavy atom. The van der Waals surface area contributed by atoms with E-state index in [1.807, 2.05) is 24.3 Å². The summed E-state index contributed by atoms with van der Waals surface area (Å²) in [6.45, 7) is 10.5. The van der Waals surface area contributed by atoms with E-state index in [1.54, 1.807) is 14.2 Å². The molecule has 0 radical (unpaired) electrons. The van der Waals surface area contributed by atoms with Crippen LogP contribution in [0.25, 0.3) is 0 Å². The topological polar surface area (TPSA) is 67.4 Å². The third kappa shape index (κ3) is 7.56. The number of morpholine rings is 1. The Morgan fingerprint density at radius 3 is 2.64 bits per heavy atom. The quantitative estimate of drug-likeness (QED) is 0.361. The lowest BCUT2D eigenvalue weighted by molar-refractivity contribution is 0.00752. The average Bonchev–Trinajstić information content (AvgIpc) is 2.73. The van der Waals surface area contributed by atoms with Crippen LogP contribution in [0.5, 0.6) is 11.5 Å². The van der Waals surface area contributed by atoms with Crippen molar-refractivity contribution >= 4 is 5.96 Å². The van der Waals surface area contributed by atoms with Gasteiger partial charge in [0.2, 0.25) is 0 Å². The molecule has 1 aromatic rings. The second-order valence-corrected chi connectivity index (χ2v) is 7.22. The van der Waals surface area contributed by atoms with Crippen LogP contribution in [0.15, 0.2) is 29.3 Å². The summed E-state index contributed by atoms with van der Waals surface area (Å²) >= 11 is 0. The highest BCUT2D eigenvalue weighted by molar-refractivity contribution is 5.79. The number of hydrogen-bond acceptors (Lipinski definition) is 5. The monoisotopic (exact) mass is 392 g/mol. The van der Waals surface area contributed by atoms with E-state index in [0.29, 0.717) is 18.6 Å². The number of methoxy groups -OCH3 is 1. The second-order valence-electron chi connectivity index (χ2n) is 7.22. The number of nitrogens with one attached hydrogen (secondary N) is 2. The average molecular weight is 393 g/mol. The van der Waals surface area contributed by atoms with Crippen LogP contribution in [0.1, 0.15) is 20.3 Å². The minimum atomic E-state index is 0.471. The molecule has 1 saturated heterocycles. The highest BCUT2D eigenvalue weighted by atomic mass is 16.5. The predicted molar refractivity (Wildman–Crippen MR) is 113 cm³/mol. The zero-order valence-corrected chi connectivity index (χ0v) is 17.7. The molecule has 2 rings (SSSR count). The Kier molecular flexibility index (Phi) is 9.93. The van der Waals surface area contributed by atoms with Gasteiger partial charge >= 0.3 is 0 Å². The smallest absolute Gasteiger partial charge is 0.191 e. The lowest BCUT2D eigenvalue weighted by atomic mass is 10.0. The van der Waals surface area contributed by atoms with Crippen molar-refractivity contribution in [1.29, 1.82) is 0 Å². The van der Waals surface area contributed by atoms with Crippen LogP contribution in [0.3, 0.4) is 0 Å². The van der Waals surface area contributed by atoms with Gasteiger partial charge in [-0.3, -0.25) is 9.89 Å². The summed E-state index contributed by atoms with van der Waals surface area (Å²) in [6, 6.07) is 8.14. The highest BCUT2D eigenvalue weighted by Crippen LogP contribution is 2.18. The van der Waals surface area contributed by atoms with Gasteiger partial charge in [0.15, 0.2) is 5.96 Å². The molecule has 158 valence electrons. The molecule has 0 spiro atoms. The summed E-state index contributed by atoms with van der Waals surface area (Å²) in [5.41, 5.74) is 0. The Labute approximate surface area is 169 Å². The zero-order chi connectivity index (χ0) is 20.2. The summed E-state index contributed by atoms with van der Waals surface area (Å²) in [5.74, 6) is 3.03. The normalized spacial score (nSPS) is 16.7.